The van der Waals surface area contributed by atoms with E-state index in [2.05, 4.69) is 15.0 Å². The number of halogens is 3. The molecule has 1 aromatic heterocycles. The van der Waals surface area contributed by atoms with Crippen LogP contribution in [0.2, 0.25) is 0 Å². The average Bonchev–Trinajstić information content (AvgIpc) is 3.44. The highest BCUT2D eigenvalue weighted by molar-refractivity contribution is 5.59. The van der Waals surface area contributed by atoms with Crippen LogP contribution in [-0.4, -0.2) is 61.3 Å². The van der Waals surface area contributed by atoms with Gasteiger partial charge in [0.15, 0.2) is 5.76 Å². The van der Waals surface area contributed by atoms with Crippen LogP contribution in [0.1, 0.15) is 16.9 Å². The van der Waals surface area contributed by atoms with Crippen molar-refractivity contribution in [3.05, 3.63) is 102 Å². The molecule has 40 heavy (non-hydrogen) atoms. The topological polar surface area (TPSA) is 45.0 Å². The molecule has 0 saturated carbocycles. The number of anilines is 1. The second-order valence-corrected chi connectivity index (χ2v) is 10.1. The molecule has 0 N–H and O–H groups in total. The van der Waals surface area contributed by atoms with E-state index >= 15 is 0 Å². The van der Waals surface area contributed by atoms with Crippen LogP contribution in [0.3, 0.4) is 0 Å². The molecule has 9 heteroatoms. The standard InChI is InChI=1S/C31H33F3N4O2/c1-36(14-15-37-16-18-38(19-17-37)27-9-5-8-26(20-27)31(32,33)34)22-29-21-30(35-40-29)25-10-12-28(13-11-25)39-23-24-6-3-2-4-7-24/h2-13,20-21H,14-19,22-23H2,1H3. The summed E-state index contributed by atoms with van der Waals surface area (Å²) in [5, 5.41) is 4.24. The molecule has 210 valence electrons. The number of alkyl halides is 3. The summed E-state index contributed by atoms with van der Waals surface area (Å²) >= 11 is 0. The van der Waals surface area contributed by atoms with Gasteiger partial charge >= 0.3 is 6.18 Å². The predicted octanol–water partition coefficient (Wildman–Crippen LogP) is 6.19. The summed E-state index contributed by atoms with van der Waals surface area (Å²) in [5.41, 5.74) is 2.89. The molecular weight excluding hydrogens is 517 g/mol. The Hall–Kier alpha value is -3.82. The van der Waals surface area contributed by atoms with E-state index in [9.17, 15) is 13.2 Å². The predicted molar refractivity (Wildman–Crippen MR) is 149 cm³/mol. The number of nitrogens with zero attached hydrogens (tertiary/aromatic N) is 4. The molecule has 4 aromatic rings. The lowest BCUT2D eigenvalue weighted by Crippen LogP contribution is -2.48. The lowest BCUT2D eigenvalue weighted by Gasteiger charge is -2.36. The van der Waals surface area contributed by atoms with Gasteiger partial charge in [0, 0.05) is 56.6 Å². The van der Waals surface area contributed by atoms with E-state index in [-0.39, 0.29) is 0 Å². The molecule has 0 amide bonds. The minimum atomic E-state index is -4.32. The molecule has 6 nitrogen and oxygen atoms in total. The van der Waals surface area contributed by atoms with Crippen LogP contribution in [0.4, 0.5) is 18.9 Å². The number of aromatic nitrogens is 1. The third-order valence-electron chi connectivity index (χ3n) is 7.09. The summed E-state index contributed by atoms with van der Waals surface area (Å²) in [4.78, 5) is 6.55. The number of ether oxygens (including phenoxy) is 1. The molecule has 0 radical (unpaired) electrons. The van der Waals surface area contributed by atoms with E-state index in [0.29, 0.717) is 31.9 Å². The number of hydrogen-bond acceptors (Lipinski definition) is 6. The molecule has 0 atom stereocenters. The van der Waals surface area contributed by atoms with Gasteiger partial charge in [-0.3, -0.25) is 9.80 Å². The van der Waals surface area contributed by atoms with Crippen molar-refractivity contribution in [2.45, 2.75) is 19.3 Å². The van der Waals surface area contributed by atoms with Crippen molar-refractivity contribution in [1.29, 1.82) is 0 Å². The average molecular weight is 551 g/mol. The molecule has 5 rings (SSSR count). The van der Waals surface area contributed by atoms with Crippen molar-refractivity contribution >= 4 is 5.69 Å². The SMILES string of the molecule is CN(CCN1CCN(c2cccc(C(F)(F)F)c2)CC1)Cc1cc(-c2ccc(OCc3ccccc3)cc2)no1. The largest absolute Gasteiger partial charge is 0.489 e. The van der Waals surface area contributed by atoms with Gasteiger partial charge in [0.2, 0.25) is 0 Å². The van der Waals surface area contributed by atoms with Crippen LogP contribution in [-0.2, 0) is 19.3 Å². The summed E-state index contributed by atoms with van der Waals surface area (Å²) in [6, 6.07) is 25.4. The lowest BCUT2D eigenvalue weighted by molar-refractivity contribution is -0.137. The van der Waals surface area contributed by atoms with Crippen LogP contribution < -0.4 is 9.64 Å². The molecule has 0 bridgehead atoms. The Balaban J connectivity index is 1.05. The molecule has 1 aliphatic rings. The minimum absolute atomic E-state index is 0.520. The second kappa shape index (κ2) is 12.6. The van der Waals surface area contributed by atoms with E-state index in [1.54, 1.807) is 6.07 Å². The van der Waals surface area contributed by atoms with Crippen LogP contribution in [0.25, 0.3) is 11.3 Å². The van der Waals surface area contributed by atoms with Crippen molar-refractivity contribution < 1.29 is 22.4 Å². The number of likely N-dealkylation sites (N-methyl/N-ethyl adjacent to an activating group) is 1. The Morgan fingerprint density at radius 2 is 1.65 bits per heavy atom. The summed E-state index contributed by atoms with van der Waals surface area (Å²) in [6.07, 6.45) is -4.32. The zero-order valence-electron chi connectivity index (χ0n) is 22.5. The van der Waals surface area contributed by atoms with E-state index in [1.807, 2.05) is 72.6 Å². The van der Waals surface area contributed by atoms with E-state index in [4.69, 9.17) is 9.26 Å². The van der Waals surface area contributed by atoms with E-state index in [1.165, 1.54) is 12.1 Å². The Labute approximate surface area is 232 Å². The smallest absolute Gasteiger partial charge is 0.416 e. The zero-order chi connectivity index (χ0) is 28.0. The van der Waals surface area contributed by atoms with Crippen LogP contribution in [0, 0.1) is 0 Å². The lowest BCUT2D eigenvalue weighted by atomic mass is 10.1. The highest BCUT2D eigenvalue weighted by Gasteiger charge is 2.31. The summed E-state index contributed by atoms with van der Waals surface area (Å²) in [7, 11) is 2.04. The number of rotatable bonds is 10. The van der Waals surface area contributed by atoms with E-state index < -0.39 is 11.7 Å². The van der Waals surface area contributed by atoms with Crippen molar-refractivity contribution in [2.75, 3.05) is 51.2 Å². The number of hydrogen-bond donors (Lipinski definition) is 0. The highest BCUT2D eigenvalue weighted by atomic mass is 19.4. The first-order chi connectivity index (χ1) is 19.3. The Morgan fingerprint density at radius 3 is 2.38 bits per heavy atom. The Bertz CT molecular complexity index is 1350. The number of benzene rings is 3. The molecule has 0 spiro atoms. The summed E-state index contributed by atoms with van der Waals surface area (Å²) in [5.74, 6) is 1.59. The van der Waals surface area contributed by atoms with Gasteiger partial charge in [0.05, 0.1) is 12.1 Å². The molecule has 1 aliphatic heterocycles. The first-order valence-corrected chi connectivity index (χ1v) is 13.4. The van der Waals surface area contributed by atoms with Gasteiger partial charge in [-0.15, -0.1) is 0 Å². The third kappa shape index (κ3) is 7.43. The summed E-state index contributed by atoms with van der Waals surface area (Å²) in [6.45, 7) is 5.88. The van der Waals surface area contributed by atoms with Gasteiger partial charge in [0.1, 0.15) is 18.1 Å². The maximum atomic E-state index is 13.1. The minimum Gasteiger partial charge on any atom is -0.489 e. The summed E-state index contributed by atoms with van der Waals surface area (Å²) < 4.78 is 50.6. The maximum Gasteiger partial charge on any atom is 0.416 e. The van der Waals surface area contributed by atoms with Crippen LogP contribution in [0.5, 0.6) is 5.75 Å². The fraction of sp³-hybridized carbons (Fsp3) is 0.323. The molecule has 1 saturated heterocycles. The van der Waals surface area contributed by atoms with Crippen molar-refractivity contribution in [2.24, 2.45) is 0 Å². The van der Waals surface area contributed by atoms with Gasteiger partial charge < -0.3 is 14.2 Å². The van der Waals surface area contributed by atoms with Gasteiger partial charge in [0.25, 0.3) is 0 Å². The van der Waals surface area contributed by atoms with Crippen molar-refractivity contribution in [1.82, 2.24) is 15.0 Å². The fourth-order valence-electron chi connectivity index (χ4n) is 4.75. The maximum absolute atomic E-state index is 13.1. The van der Waals surface area contributed by atoms with Gasteiger partial charge in [-0.05, 0) is 55.1 Å². The quantitative estimate of drug-likeness (QED) is 0.235. The molecule has 0 aliphatic carbocycles. The van der Waals surface area contributed by atoms with Gasteiger partial charge in [-0.25, -0.2) is 0 Å². The molecule has 1 fully saturated rings. The monoisotopic (exact) mass is 550 g/mol. The zero-order valence-corrected chi connectivity index (χ0v) is 22.5. The normalized spacial score (nSPS) is 14.6. The highest BCUT2D eigenvalue weighted by Crippen LogP contribution is 2.32. The third-order valence-corrected chi connectivity index (χ3v) is 7.09. The van der Waals surface area contributed by atoms with Crippen LogP contribution in [0.15, 0.2) is 89.5 Å². The van der Waals surface area contributed by atoms with Crippen molar-refractivity contribution in [3.8, 4) is 17.0 Å². The van der Waals surface area contributed by atoms with Gasteiger partial charge in [-0.1, -0.05) is 41.6 Å². The van der Waals surface area contributed by atoms with Crippen molar-refractivity contribution in [3.63, 3.8) is 0 Å². The molecule has 2 heterocycles. The van der Waals surface area contributed by atoms with Crippen LogP contribution >= 0.6 is 0 Å². The Kier molecular flexibility index (Phi) is 8.72. The number of piperazine rings is 1. The second-order valence-electron chi connectivity index (χ2n) is 10.1. The molecule has 0 unspecified atom stereocenters. The first-order valence-electron chi connectivity index (χ1n) is 13.4. The Morgan fingerprint density at radius 1 is 0.900 bits per heavy atom. The molecular formula is C31H33F3N4O2. The van der Waals surface area contributed by atoms with E-state index in [0.717, 1.165) is 60.6 Å². The van der Waals surface area contributed by atoms with Gasteiger partial charge in [-0.2, -0.15) is 13.2 Å². The molecule has 3 aromatic carbocycles. The first kappa shape index (κ1) is 27.7. The fourth-order valence-corrected chi connectivity index (χ4v) is 4.75.